The van der Waals surface area contributed by atoms with Crippen LogP contribution >= 0.6 is 11.6 Å². The highest BCUT2D eigenvalue weighted by Crippen LogP contribution is 2.15. The molecule has 0 unspecified atom stereocenters. The molecule has 0 spiro atoms. The van der Waals surface area contributed by atoms with Gasteiger partial charge in [0.25, 0.3) is 0 Å². The van der Waals surface area contributed by atoms with Crippen LogP contribution in [0.4, 0.5) is 10.1 Å². The maximum atomic E-state index is 12.7. The molecule has 0 radical (unpaired) electrons. The summed E-state index contributed by atoms with van der Waals surface area (Å²) in [6.07, 6.45) is 1.95. The Balaban J connectivity index is 1.57. The second-order valence-corrected chi connectivity index (χ2v) is 4.88. The van der Waals surface area contributed by atoms with E-state index in [0.29, 0.717) is 11.6 Å². The van der Waals surface area contributed by atoms with Gasteiger partial charge in [0.2, 0.25) is 0 Å². The fourth-order valence-corrected chi connectivity index (χ4v) is 1.87. The van der Waals surface area contributed by atoms with Gasteiger partial charge in [-0.2, -0.15) is 0 Å². The average molecular weight is 294 g/mol. The molecule has 2 nitrogen and oxygen atoms in total. The predicted octanol–water partition coefficient (Wildman–Crippen LogP) is 4.75. The molecule has 0 saturated heterocycles. The van der Waals surface area contributed by atoms with E-state index >= 15 is 0 Å². The molecule has 0 aliphatic rings. The monoisotopic (exact) mass is 293 g/mol. The zero-order valence-electron chi connectivity index (χ0n) is 11.1. The quantitative estimate of drug-likeness (QED) is 0.744. The van der Waals surface area contributed by atoms with E-state index in [0.717, 1.165) is 30.8 Å². The van der Waals surface area contributed by atoms with Crippen molar-refractivity contribution in [2.45, 2.75) is 12.8 Å². The maximum absolute atomic E-state index is 12.7. The number of nitrogens with one attached hydrogen (secondary N) is 1. The lowest BCUT2D eigenvalue weighted by Gasteiger charge is -2.08. The van der Waals surface area contributed by atoms with Crippen LogP contribution in [0.1, 0.15) is 12.8 Å². The van der Waals surface area contributed by atoms with Gasteiger partial charge in [0.1, 0.15) is 11.6 Å². The van der Waals surface area contributed by atoms with Gasteiger partial charge in [-0.05, 0) is 61.4 Å². The molecule has 0 amide bonds. The third-order valence-corrected chi connectivity index (χ3v) is 3.08. The number of hydrogen-bond donors (Lipinski definition) is 1. The minimum absolute atomic E-state index is 0.216. The molecular weight excluding hydrogens is 277 g/mol. The first-order chi connectivity index (χ1) is 9.74. The van der Waals surface area contributed by atoms with E-state index in [1.807, 2.05) is 24.3 Å². The molecule has 0 aliphatic carbocycles. The zero-order valence-corrected chi connectivity index (χ0v) is 11.9. The lowest BCUT2D eigenvalue weighted by atomic mass is 10.3. The molecule has 0 aliphatic heterocycles. The molecule has 0 fully saturated rings. The van der Waals surface area contributed by atoms with Gasteiger partial charge in [-0.25, -0.2) is 4.39 Å². The van der Waals surface area contributed by atoms with Gasteiger partial charge in [-0.1, -0.05) is 11.6 Å². The van der Waals surface area contributed by atoms with E-state index in [1.54, 1.807) is 12.1 Å². The van der Waals surface area contributed by atoms with Crippen molar-refractivity contribution in [2.24, 2.45) is 0 Å². The smallest absolute Gasteiger partial charge is 0.123 e. The Kier molecular flexibility index (Phi) is 5.69. The molecule has 106 valence electrons. The molecule has 2 aromatic carbocycles. The minimum Gasteiger partial charge on any atom is -0.494 e. The largest absolute Gasteiger partial charge is 0.494 e. The van der Waals surface area contributed by atoms with Crippen molar-refractivity contribution in [3.63, 3.8) is 0 Å². The van der Waals surface area contributed by atoms with Crippen molar-refractivity contribution >= 4 is 17.3 Å². The topological polar surface area (TPSA) is 21.3 Å². The minimum atomic E-state index is -0.216. The molecule has 1 N–H and O–H groups in total. The van der Waals surface area contributed by atoms with Crippen LogP contribution < -0.4 is 10.1 Å². The van der Waals surface area contributed by atoms with Crippen molar-refractivity contribution in [3.8, 4) is 5.75 Å². The van der Waals surface area contributed by atoms with E-state index < -0.39 is 0 Å². The van der Waals surface area contributed by atoms with Gasteiger partial charge in [0.15, 0.2) is 0 Å². The van der Waals surface area contributed by atoms with Crippen LogP contribution in [-0.4, -0.2) is 13.2 Å². The molecule has 4 heteroatoms. The second-order valence-electron chi connectivity index (χ2n) is 4.44. The molecule has 0 aromatic heterocycles. The van der Waals surface area contributed by atoms with Crippen molar-refractivity contribution in [1.82, 2.24) is 0 Å². The molecular formula is C16H17ClFNO. The fraction of sp³-hybridized carbons (Fsp3) is 0.250. The molecule has 0 atom stereocenters. The van der Waals surface area contributed by atoms with Gasteiger partial charge in [0, 0.05) is 17.3 Å². The summed E-state index contributed by atoms with van der Waals surface area (Å²) in [5.74, 6) is 0.618. The SMILES string of the molecule is Fc1ccc(NCCCCOc2ccc(Cl)cc2)cc1. The first-order valence-corrected chi connectivity index (χ1v) is 7.00. The Morgan fingerprint density at radius 2 is 1.65 bits per heavy atom. The third kappa shape index (κ3) is 5.10. The molecule has 0 bridgehead atoms. The van der Waals surface area contributed by atoms with Crippen LogP contribution in [-0.2, 0) is 0 Å². The molecule has 0 heterocycles. The van der Waals surface area contributed by atoms with Gasteiger partial charge < -0.3 is 10.1 Å². The molecule has 2 aromatic rings. The van der Waals surface area contributed by atoms with Gasteiger partial charge in [0.05, 0.1) is 6.61 Å². The highest BCUT2D eigenvalue weighted by Gasteiger charge is 1.95. The summed E-state index contributed by atoms with van der Waals surface area (Å²) in [6, 6.07) is 13.7. The standard InChI is InChI=1S/C16H17ClFNO/c17-13-3-9-16(10-4-13)20-12-2-1-11-19-15-7-5-14(18)6-8-15/h3-10,19H,1-2,11-12H2. The van der Waals surface area contributed by atoms with Crippen molar-refractivity contribution in [2.75, 3.05) is 18.5 Å². The summed E-state index contributed by atoms with van der Waals surface area (Å²) in [5.41, 5.74) is 0.935. The van der Waals surface area contributed by atoms with E-state index in [4.69, 9.17) is 16.3 Å². The van der Waals surface area contributed by atoms with Crippen LogP contribution in [0.5, 0.6) is 5.75 Å². The summed E-state index contributed by atoms with van der Waals surface area (Å²) < 4.78 is 18.3. The second kappa shape index (κ2) is 7.75. The number of ether oxygens (including phenoxy) is 1. The lowest BCUT2D eigenvalue weighted by Crippen LogP contribution is -2.04. The number of rotatable bonds is 7. The summed E-state index contributed by atoms with van der Waals surface area (Å²) in [6.45, 7) is 1.52. The summed E-state index contributed by atoms with van der Waals surface area (Å²) in [5, 5.41) is 3.95. The predicted molar refractivity (Wildman–Crippen MR) is 81.1 cm³/mol. The van der Waals surface area contributed by atoms with E-state index in [9.17, 15) is 4.39 Å². The van der Waals surface area contributed by atoms with E-state index in [-0.39, 0.29) is 5.82 Å². The third-order valence-electron chi connectivity index (χ3n) is 2.83. The number of benzene rings is 2. The Hall–Kier alpha value is -1.74. The Labute approximate surface area is 123 Å². The Morgan fingerprint density at radius 1 is 0.950 bits per heavy atom. The van der Waals surface area contributed by atoms with Crippen molar-refractivity contribution in [3.05, 3.63) is 59.4 Å². The van der Waals surface area contributed by atoms with Gasteiger partial charge in [-0.3, -0.25) is 0 Å². The number of anilines is 1. The van der Waals surface area contributed by atoms with E-state index in [2.05, 4.69) is 5.32 Å². The van der Waals surface area contributed by atoms with Gasteiger partial charge in [-0.15, -0.1) is 0 Å². The van der Waals surface area contributed by atoms with Crippen LogP contribution in [0.3, 0.4) is 0 Å². The maximum Gasteiger partial charge on any atom is 0.123 e. The van der Waals surface area contributed by atoms with Crippen molar-refractivity contribution in [1.29, 1.82) is 0 Å². The number of hydrogen-bond acceptors (Lipinski definition) is 2. The average Bonchev–Trinajstić information content (AvgIpc) is 2.46. The summed E-state index contributed by atoms with van der Waals surface area (Å²) in [4.78, 5) is 0. The lowest BCUT2D eigenvalue weighted by molar-refractivity contribution is 0.308. The Bertz CT molecular complexity index is 464. The fourth-order valence-electron chi connectivity index (χ4n) is 1.75. The summed E-state index contributed by atoms with van der Waals surface area (Å²) in [7, 11) is 0. The number of halogens is 2. The normalized spacial score (nSPS) is 10.3. The Morgan fingerprint density at radius 3 is 2.35 bits per heavy atom. The highest BCUT2D eigenvalue weighted by molar-refractivity contribution is 6.30. The molecule has 2 rings (SSSR count). The first-order valence-electron chi connectivity index (χ1n) is 6.62. The van der Waals surface area contributed by atoms with Gasteiger partial charge >= 0.3 is 0 Å². The molecule has 0 saturated carbocycles. The van der Waals surface area contributed by atoms with Crippen molar-refractivity contribution < 1.29 is 9.13 Å². The molecule has 20 heavy (non-hydrogen) atoms. The zero-order chi connectivity index (χ0) is 14.2. The summed E-state index contributed by atoms with van der Waals surface area (Å²) >= 11 is 5.79. The first kappa shape index (κ1) is 14.7. The van der Waals surface area contributed by atoms with E-state index in [1.165, 1.54) is 12.1 Å². The highest BCUT2D eigenvalue weighted by atomic mass is 35.5. The van der Waals surface area contributed by atoms with Crippen LogP contribution in [0.15, 0.2) is 48.5 Å². The van der Waals surface area contributed by atoms with Crippen LogP contribution in [0.2, 0.25) is 5.02 Å². The van der Waals surface area contributed by atoms with Crippen LogP contribution in [0.25, 0.3) is 0 Å². The number of unbranched alkanes of at least 4 members (excludes halogenated alkanes) is 1. The van der Waals surface area contributed by atoms with Crippen LogP contribution in [0, 0.1) is 5.82 Å².